The van der Waals surface area contributed by atoms with E-state index in [-0.39, 0.29) is 35.6 Å². The minimum Gasteiger partial charge on any atom is -0.433 e. The molecule has 2 saturated carbocycles. The molecule has 6 nitrogen and oxygen atoms in total. The SMILES string of the molecule is CC(C)(I)OC(=O)NC1CCC2(CC1)C[C@@H]([C@@H]1c3ccccc3-c3cncn31)[C@@H]2O. The molecular weight excluding hydrogens is 493 g/mol. The van der Waals surface area contributed by atoms with Crippen LogP contribution < -0.4 is 5.32 Å². The highest BCUT2D eigenvalue weighted by atomic mass is 127. The van der Waals surface area contributed by atoms with Crippen molar-refractivity contribution >= 4 is 28.7 Å². The quantitative estimate of drug-likeness (QED) is 0.455. The van der Waals surface area contributed by atoms with Crippen molar-refractivity contribution in [1.82, 2.24) is 14.9 Å². The van der Waals surface area contributed by atoms with Crippen molar-refractivity contribution in [3.05, 3.63) is 42.4 Å². The van der Waals surface area contributed by atoms with Crippen LogP contribution in [0.15, 0.2) is 36.8 Å². The van der Waals surface area contributed by atoms with Crippen molar-refractivity contribution in [3.8, 4) is 11.3 Å². The molecular formula is C23H28IN3O3. The van der Waals surface area contributed by atoms with Gasteiger partial charge in [-0.05, 0) is 79.5 Å². The lowest BCUT2D eigenvalue weighted by atomic mass is 9.51. The van der Waals surface area contributed by atoms with Gasteiger partial charge in [0.2, 0.25) is 0 Å². The topological polar surface area (TPSA) is 76.4 Å². The van der Waals surface area contributed by atoms with E-state index in [0.29, 0.717) is 0 Å². The second-order valence-electron chi connectivity index (χ2n) is 9.56. The van der Waals surface area contributed by atoms with Gasteiger partial charge in [0.25, 0.3) is 0 Å². The van der Waals surface area contributed by atoms with Gasteiger partial charge in [0.15, 0.2) is 3.61 Å². The summed E-state index contributed by atoms with van der Waals surface area (Å²) in [5.74, 6) is 0.205. The number of hydrogen-bond acceptors (Lipinski definition) is 4. The Bertz CT molecular complexity index is 959. The van der Waals surface area contributed by atoms with Crippen molar-refractivity contribution in [1.29, 1.82) is 0 Å². The van der Waals surface area contributed by atoms with Gasteiger partial charge in [-0.15, -0.1) is 0 Å². The number of alkyl halides is 1. The third-order valence-corrected chi connectivity index (χ3v) is 7.46. The third-order valence-electron chi connectivity index (χ3n) is 7.24. The number of aromatic nitrogens is 2. The first-order valence-electron chi connectivity index (χ1n) is 10.8. The fraction of sp³-hybridized carbons (Fsp3) is 0.565. The second-order valence-corrected chi connectivity index (χ2v) is 12.2. The van der Waals surface area contributed by atoms with Gasteiger partial charge in [0.1, 0.15) is 0 Å². The van der Waals surface area contributed by atoms with E-state index in [0.717, 1.165) is 37.8 Å². The summed E-state index contributed by atoms with van der Waals surface area (Å²) in [6.07, 6.45) is 7.82. The van der Waals surface area contributed by atoms with E-state index < -0.39 is 3.61 Å². The lowest BCUT2D eigenvalue weighted by Gasteiger charge is -2.57. The summed E-state index contributed by atoms with van der Waals surface area (Å²) in [6, 6.07) is 8.77. The van der Waals surface area contributed by atoms with Gasteiger partial charge in [-0.1, -0.05) is 24.3 Å². The number of carbonyl (C=O) groups is 1. The molecule has 5 rings (SSSR count). The number of benzene rings is 1. The predicted octanol–water partition coefficient (Wildman–Crippen LogP) is 4.66. The highest BCUT2D eigenvalue weighted by Gasteiger charge is 2.57. The molecule has 2 N–H and O–H groups in total. The van der Waals surface area contributed by atoms with E-state index in [1.807, 2.05) is 26.4 Å². The average Bonchev–Trinajstić information content (AvgIpc) is 3.27. The van der Waals surface area contributed by atoms with Crippen LogP contribution in [0.25, 0.3) is 11.3 Å². The molecule has 1 aliphatic heterocycles. The smallest absolute Gasteiger partial charge is 0.408 e. The molecule has 1 aromatic carbocycles. The molecule has 1 aromatic heterocycles. The van der Waals surface area contributed by atoms with Crippen molar-refractivity contribution < 1.29 is 14.6 Å². The summed E-state index contributed by atoms with van der Waals surface area (Å²) < 4.78 is 7.10. The zero-order valence-electron chi connectivity index (χ0n) is 17.3. The molecule has 160 valence electrons. The number of carbonyl (C=O) groups excluding carboxylic acids is 1. The highest BCUT2D eigenvalue weighted by Crippen LogP contribution is 2.60. The van der Waals surface area contributed by atoms with Crippen LogP contribution in [0.1, 0.15) is 57.6 Å². The van der Waals surface area contributed by atoms with Gasteiger partial charge in [0, 0.05) is 17.5 Å². The predicted molar refractivity (Wildman–Crippen MR) is 122 cm³/mol. The van der Waals surface area contributed by atoms with Gasteiger partial charge in [-0.2, -0.15) is 0 Å². The van der Waals surface area contributed by atoms with Crippen molar-refractivity contribution in [2.24, 2.45) is 11.3 Å². The number of halogens is 1. The second kappa shape index (κ2) is 7.22. The zero-order chi connectivity index (χ0) is 21.1. The Morgan fingerprint density at radius 1 is 1.33 bits per heavy atom. The number of nitrogens with one attached hydrogen (secondary N) is 1. The molecule has 1 amide bonds. The maximum atomic E-state index is 12.1. The number of aliphatic hydroxyl groups is 1. The number of imidazole rings is 1. The van der Waals surface area contributed by atoms with Crippen LogP contribution in [0.3, 0.4) is 0 Å². The number of rotatable bonds is 3. The van der Waals surface area contributed by atoms with Crippen LogP contribution in [0.2, 0.25) is 0 Å². The van der Waals surface area contributed by atoms with Crippen molar-refractivity contribution in [2.45, 2.75) is 67.7 Å². The Kier molecular flexibility index (Phi) is 4.89. The number of amides is 1. The monoisotopic (exact) mass is 521 g/mol. The van der Waals surface area contributed by atoms with Crippen LogP contribution >= 0.6 is 22.6 Å². The summed E-state index contributed by atoms with van der Waals surface area (Å²) in [5, 5.41) is 14.3. The van der Waals surface area contributed by atoms with Crippen LogP contribution in [0.4, 0.5) is 4.79 Å². The zero-order valence-corrected chi connectivity index (χ0v) is 19.5. The number of ether oxygens (including phenoxy) is 1. The largest absolute Gasteiger partial charge is 0.433 e. The number of fused-ring (bicyclic) bond motifs is 3. The fourth-order valence-electron chi connectivity index (χ4n) is 5.84. The standard InChI is InChI=1S/C23H28IN3O3/c1-22(2,24)30-21(29)26-14-7-9-23(10-8-14)11-17(20(23)28)19-16-6-4-3-5-15(16)18-12-25-13-27(18)19/h3-6,12-14,17,19-20,28H,7-11H2,1-2H3,(H,26,29)/t14?,17-,19-,20-,23?/m0/s1. The van der Waals surface area contributed by atoms with E-state index >= 15 is 0 Å². The first kappa shape index (κ1) is 20.3. The third kappa shape index (κ3) is 3.34. The molecule has 3 aliphatic rings. The lowest BCUT2D eigenvalue weighted by molar-refractivity contribution is -0.152. The average molecular weight is 521 g/mol. The Labute approximate surface area is 190 Å². The summed E-state index contributed by atoms with van der Waals surface area (Å²) in [4.78, 5) is 16.4. The van der Waals surface area contributed by atoms with E-state index in [2.05, 4.69) is 61.7 Å². The van der Waals surface area contributed by atoms with Crippen LogP contribution in [0.5, 0.6) is 0 Å². The van der Waals surface area contributed by atoms with E-state index in [1.54, 1.807) is 0 Å². The summed E-state index contributed by atoms with van der Waals surface area (Å²) >= 11 is 2.11. The molecule has 30 heavy (non-hydrogen) atoms. The molecule has 0 saturated heterocycles. The number of hydrogen-bond donors (Lipinski definition) is 2. The molecule has 0 radical (unpaired) electrons. The fourth-order valence-corrected chi connectivity index (χ4v) is 6.04. The molecule has 2 fully saturated rings. The van der Waals surface area contributed by atoms with Gasteiger partial charge in [-0.3, -0.25) is 0 Å². The van der Waals surface area contributed by atoms with Crippen molar-refractivity contribution in [3.63, 3.8) is 0 Å². The van der Waals surface area contributed by atoms with Crippen LogP contribution in [-0.4, -0.2) is 36.5 Å². The molecule has 1 spiro atoms. The number of aliphatic hydroxyl groups excluding tert-OH is 1. The Morgan fingerprint density at radius 2 is 2.07 bits per heavy atom. The highest BCUT2D eigenvalue weighted by molar-refractivity contribution is 14.1. The minimum absolute atomic E-state index is 0.0203. The molecule has 2 aliphatic carbocycles. The van der Waals surface area contributed by atoms with Gasteiger partial charge >= 0.3 is 6.09 Å². The Morgan fingerprint density at radius 3 is 2.77 bits per heavy atom. The van der Waals surface area contributed by atoms with Crippen molar-refractivity contribution in [2.75, 3.05) is 0 Å². The molecule has 2 heterocycles. The minimum atomic E-state index is -0.515. The Balaban J connectivity index is 1.24. The first-order chi connectivity index (χ1) is 14.3. The number of nitrogens with zero attached hydrogens (tertiary/aromatic N) is 2. The van der Waals surface area contributed by atoms with Gasteiger partial charge in [0.05, 0.1) is 30.4 Å². The van der Waals surface area contributed by atoms with E-state index in [1.165, 1.54) is 11.1 Å². The summed E-state index contributed by atoms with van der Waals surface area (Å²) in [5.41, 5.74) is 3.66. The van der Waals surface area contributed by atoms with Gasteiger partial charge in [-0.25, -0.2) is 9.78 Å². The van der Waals surface area contributed by atoms with Gasteiger partial charge < -0.3 is 19.7 Å². The normalized spacial score (nSPS) is 32.3. The number of alkyl carbamates (subject to hydrolysis) is 1. The maximum Gasteiger partial charge on any atom is 0.408 e. The molecule has 0 unspecified atom stereocenters. The van der Waals surface area contributed by atoms with Crippen LogP contribution in [0, 0.1) is 11.3 Å². The summed E-state index contributed by atoms with van der Waals surface area (Å²) in [7, 11) is 0. The van der Waals surface area contributed by atoms with E-state index in [9.17, 15) is 9.90 Å². The molecule has 3 atom stereocenters. The molecule has 2 aromatic rings. The van der Waals surface area contributed by atoms with Crippen LogP contribution in [-0.2, 0) is 4.74 Å². The first-order valence-corrected chi connectivity index (χ1v) is 11.8. The maximum absolute atomic E-state index is 12.1. The molecule has 7 heteroatoms. The summed E-state index contributed by atoms with van der Waals surface area (Å²) in [6.45, 7) is 3.72. The lowest BCUT2D eigenvalue weighted by Crippen LogP contribution is -2.58. The van der Waals surface area contributed by atoms with E-state index in [4.69, 9.17) is 4.74 Å². The Hall–Kier alpha value is -1.61. The molecule has 0 bridgehead atoms.